The Bertz CT molecular complexity index is 2250. The Morgan fingerprint density at radius 2 is 0.612 bits per heavy atom. The highest BCUT2D eigenvalue weighted by Gasteiger charge is 2.49. The van der Waals surface area contributed by atoms with Crippen LogP contribution in [-0.4, -0.2) is 5.29 Å². The van der Waals surface area contributed by atoms with E-state index in [0.717, 1.165) is 83.8 Å². The van der Waals surface area contributed by atoms with E-state index in [0.29, 0.717) is 0 Å². The first kappa shape index (κ1) is 28.9. The van der Waals surface area contributed by atoms with Gasteiger partial charge in [0, 0.05) is 33.4 Å². The van der Waals surface area contributed by atoms with E-state index in [1.165, 1.54) is 5.29 Å². The number of rotatable bonds is 0. The van der Waals surface area contributed by atoms with Crippen LogP contribution in [0.5, 0.6) is 34.5 Å². The summed E-state index contributed by atoms with van der Waals surface area (Å²) in [5.74, 6) is 24.5. The van der Waals surface area contributed by atoms with Gasteiger partial charge in [-0.3, -0.25) is 0 Å². The highest BCUT2D eigenvalue weighted by Crippen LogP contribution is 2.65. The molecule has 3 nitrogen and oxygen atoms in total. The molecule has 49 heavy (non-hydrogen) atoms. The molecule has 0 atom stereocenters. The summed E-state index contributed by atoms with van der Waals surface area (Å²) in [5.41, 5.74) is 5.25. The van der Waals surface area contributed by atoms with Gasteiger partial charge < -0.3 is 14.2 Å². The SMILES string of the molecule is CC(C)=P12c3c4cc(C#Cc5ccccc5)cc3Oc3cc(C#Cc5ccccc5)cc(c31)Oc1cc(C#Cc3ccccc3)cc(c12)O4. The number of hydrogen-bond donors (Lipinski definition) is 0. The van der Waals surface area contributed by atoms with Crippen LogP contribution in [0.3, 0.4) is 0 Å². The zero-order valence-electron chi connectivity index (χ0n) is 26.8. The fourth-order valence-corrected chi connectivity index (χ4v) is 11.4. The zero-order chi connectivity index (χ0) is 33.0. The molecule has 3 aliphatic rings. The van der Waals surface area contributed by atoms with Crippen LogP contribution in [0.15, 0.2) is 127 Å². The van der Waals surface area contributed by atoms with Crippen LogP contribution < -0.4 is 30.1 Å². The third-order valence-electron chi connectivity index (χ3n) is 8.83. The van der Waals surface area contributed by atoms with Crippen LogP contribution in [0.2, 0.25) is 0 Å². The molecule has 9 rings (SSSR count). The topological polar surface area (TPSA) is 27.7 Å². The van der Waals surface area contributed by atoms with Crippen molar-refractivity contribution in [2.45, 2.75) is 13.8 Å². The van der Waals surface area contributed by atoms with Gasteiger partial charge in [-0.2, -0.15) is 0 Å². The van der Waals surface area contributed by atoms with E-state index in [1.54, 1.807) is 0 Å². The van der Waals surface area contributed by atoms with Gasteiger partial charge in [0.25, 0.3) is 0 Å². The summed E-state index contributed by atoms with van der Waals surface area (Å²) in [6.45, 7) is 2.02. The molecule has 0 amide bonds. The summed E-state index contributed by atoms with van der Waals surface area (Å²) in [6.07, 6.45) is 0. The minimum atomic E-state index is -2.43. The van der Waals surface area contributed by atoms with Crippen molar-refractivity contribution >= 4 is 28.1 Å². The molecule has 6 aromatic carbocycles. The lowest BCUT2D eigenvalue weighted by Crippen LogP contribution is -2.41. The first-order chi connectivity index (χ1) is 24.1. The molecule has 0 bridgehead atoms. The van der Waals surface area contributed by atoms with Gasteiger partial charge in [0.1, 0.15) is 34.5 Å². The van der Waals surface area contributed by atoms with Crippen LogP contribution in [0, 0.1) is 35.5 Å². The Labute approximate surface area is 286 Å². The molecule has 3 aliphatic heterocycles. The molecular weight excluding hydrogens is 619 g/mol. The Morgan fingerprint density at radius 1 is 0.367 bits per heavy atom. The van der Waals surface area contributed by atoms with Gasteiger partial charge in [-0.05, 0) is 93.5 Å². The highest BCUT2D eigenvalue weighted by molar-refractivity contribution is 7.96. The average Bonchev–Trinajstić information content (AvgIpc) is 3.13. The van der Waals surface area contributed by atoms with Crippen LogP contribution in [0.4, 0.5) is 0 Å². The normalized spacial score (nSPS) is 12.9. The Balaban J connectivity index is 1.29. The Hall–Kier alpha value is -6.30. The third kappa shape index (κ3) is 4.83. The second kappa shape index (κ2) is 11.4. The van der Waals surface area contributed by atoms with E-state index in [2.05, 4.69) is 49.4 Å². The number of hydrogen-bond acceptors (Lipinski definition) is 3. The van der Waals surface area contributed by atoms with E-state index < -0.39 is 6.89 Å². The summed E-state index contributed by atoms with van der Waals surface area (Å²) < 4.78 is 20.5. The van der Waals surface area contributed by atoms with Gasteiger partial charge in [-0.1, -0.05) is 95.4 Å². The molecule has 3 heterocycles. The van der Waals surface area contributed by atoms with Crippen LogP contribution in [0.1, 0.15) is 47.2 Å². The smallest absolute Gasteiger partial charge is 0.140 e. The van der Waals surface area contributed by atoms with Crippen molar-refractivity contribution in [2.24, 2.45) is 0 Å². The van der Waals surface area contributed by atoms with Crippen molar-refractivity contribution < 1.29 is 14.2 Å². The maximum absolute atomic E-state index is 6.82. The average molecular weight is 647 g/mol. The predicted octanol–water partition coefficient (Wildman–Crippen LogP) is 8.71. The van der Waals surface area contributed by atoms with Crippen molar-refractivity contribution in [1.82, 2.24) is 0 Å². The summed E-state index contributed by atoms with van der Waals surface area (Å²) in [7, 11) is 0. The van der Waals surface area contributed by atoms with Crippen molar-refractivity contribution in [3.63, 3.8) is 0 Å². The van der Waals surface area contributed by atoms with Crippen LogP contribution in [-0.2, 0) is 0 Å². The summed E-state index contributed by atoms with van der Waals surface area (Å²) >= 11 is 0. The first-order valence-electron chi connectivity index (χ1n) is 16.1. The monoisotopic (exact) mass is 646 g/mol. The van der Waals surface area contributed by atoms with Gasteiger partial charge in [-0.25, -0.2) is 0 Å². The maximum Gasteiger partial charge on any atom is 0.140 e. The standard InChI is InChI=1S/C45H27O3P/c1-30(2)49-43-37-24-34(21-18-31-12-6-3-7-13-31)25-38(43)47-40-27-36(23-20-33-16-10-5-11-17-33)29-42(45(40)49)48-41-28-35(26-39(46-37)44(41)49)22-19-32-14-8-4-9-15-32/h3-17,24-29H,1-2H3. The number of benzene rings is 6. The highest BCUT2D eigenvalue weighted by atomic mass is 31.2. The molecule has 0 N–H and O–H groups in total. The molecule has 230 valence electrons. The summed E-state index contributed by atoms with van der Waals surface area (Å²) in [4.78, 5) is 0. The van der Waals surface area contributed by atoms with Gasteiger partial charge >= 0.3 is 0 Å². The van der Waals surface area contributed by atoms with Crippen molar-refractivity contribution in [2.75, 3.05) is 0 Å². The van der Waals surface area contributed by atoms with E-state index in [4.69, 9.17) is 14.2 Å². The lowest BCUT2D eigenvalue weighted by Gasteiger charge is -2.44. The van der Waals surface area contributed by atoms with Crippen molar-refractivity contribution in [1.29, 1.82) is 0 Å². The molecule has 0 aromatic heterocycles. The molecule has 0 fully saturated rings. The zero-order valence-corrected chi connectivity index (χ0v) is 27.7. The van der Waals surface area contributed by atoms with Gasteiger partial charge in [0.15, 0.2) is 0 Å². The minimum Gasteiger partial charge on any atom is -0.456 e. The van der Waals surface area contributed by atoms with Crippen molar-refractivity contribution in [3.8, 4) is 70.0 Å². The van der Waals surface area contributed by atoms with Gasteiger partial charge in [0.2, 0.25) is 0 Å². The first-order valence-corrected chi connectivity index (χ1v) is 17.9. The maximum atomic E-state index is 6.82. The predicted molar refractivity (Wildman–Crippen MR) is 199 cm³/mol. The Morgan fingerprint density at radius 3 is 0.857 bits per heavy atom. The molecule has 0 radical (unpaired) electrons. The molecule has 6 aromatic rings. The fraction of sp³-hybridized carbons (Fsp3) is 0.0444. The van der Waals surface area contributed by atoms with Gasteiger partial charge in [0.05, 0.1) is 15.9 Å². The summed E-state index contributed by atoms with van der Waals surface area (Å²) in [6, 6.07) is 42.3. The molecule has 0 unspecified atom stereocenters. The second-order valence-corrected chi connectivity index (χ2v) is 15.8. The molecule has 0 saturated heterocycles. The fourth-order valence-electron chi connectivity index (χ4n) is 6.78. The second-order valence-electron chi connectivity index (χ2n) is 12.2. The molecular formula is C45H27O3P. The molecule has 0 spiro atoms. The lowest BCUT2D eigenvalue weighted by molar-refractivity contribution is 0.445. The van der Waals surface area contributed by atoms with E-state index in [9.17, 15) is 0 Å². The molecule has 4 heteroatoms. The van der Waals surface area contributed by atoms with E-state index in [-0.39, 0.29) is 0 Å². The van der Waals surface area contributed by atoms with Gasteiger partial charge in [-0.15, -0.1) is 0 Å². The minimum absolute atomic E-state index is 0.752. The summed E-state index contributed by atoms with van der Waals surface area (Å²) in [5, 5.41) is 4.48. The molecule has 0 aliphatic carbocycles. The lowest BCUT2D eigenvalue weighted by atomic mass is 10.1. The van der Waals surface area contributed by atoms with Crippen molar-refractivity contribution in [3.05, 3.63) is 161 Å². The third-order valence-corrected chi connectivity index (χ3v) is 13.5. The quantitative estimate of drug-likeness (QED) is 0.122. The molecule has 0 saturated carbocycles. The van der Waals surface area contributed by atoms with E-state index >= 15 is 0 Å². The van der Waals surface area contributed by atoms with E-state index in [1.807, 2.05) is 127 Å². The number of ether oxygens (including phenoxy) is 3. The largest absolute Gasteiger partial charge is 0.456 e. The van der Waals surface area contributed by atoms with Crippen LogP contribution in [0.25, 0.3) is 0 Å². The Kier molecular flexibility index (Phi) is 6.74. The van der Waals surface area contributed by atoms with Crippen LogP contribution >= 0.6 is 6.89 Å².